The summed E-state index contributed by atoms with van der Waals surface area (Å²) in [7, 11) is 0. The van der Waals surface area contributed by atoms with Gasteiger partial charge in [0, 0.05) is 5.69 Å². The van der Waals surface area contributed by atoms with E-state index in [2.05, 4.69) is 10.1 Å². The van der Waals surface area contributed by atoms with E-state index in [9.17, 15) is 4.79 Å². The minimum atomic E-state index is -0.243. The average Bonchev–Trinajstić information content (AvgIpc) is 2.84. The van der Waals surface area contributed by atoms with Crippen molar-refractivity contribution in [2.24, 2.45) is 10.1 Å². The summed E-state index contributed by atoms with van der Waals surface area (Å²) in [6.07, 6.45) is 1.46. The van der Waals surface area contributed by atoms with E-state index in [0.29, 0.717) is 17.1 Å². The maximum absolute atomic E-state index is 12.2. The fourth-order valence-corrected chi connectivity index (χ4v) is 1.85. The van der Waals surface area contributed by atoms with Gasteiger partial charge < -0.3 is 5.73 Å². The highest BCUT2D eigenvalue weighted by Crippen LogP contribution is 2.19. The highest BCUT2D eigenvalue weighted by molar-refractivity contribution is 6.66. The van der Waals surface area contributed by atoms with Gasteiger partial charge in [-0.1, -0.05) is 18.2 Å². The number of benzene rings is 2. The third kappa shape index (κ3) is 2.29. The lowest BCUT2D eigenvalue weighted by Gasteiger charge is -2.10. The van der Waals surface area contributed by atoms with Crippen LogP contribution in [0, 0.1) is 0 Å². The SMILES string of the molecule is Nc1ccc(N=C2C=NN(c3ccccc3)C2=O)cc1. The van der Waals surface area contributed by atoms with Crippen molar-refractivity contribution in [1.29, 1.82) is 0 Å². The topological polar surface area (TPSA) is 71.0 Å². The largest absolute Gasteiger partial charge is 0.399 e. The smallest absolute Gasteiger partial charge is 0.298 e. The molecule has 0 aromatic heterocycles. The van der Waals surface area contributed by atoms with Gasteiger partial charge in [-0.05, 0) is 36.4 Å². The molecule has 0 bridgehead atoms. The van der Waals surface area contributed by atoms with Gasteiger partial charge in [-0.25, -0.2) is 4.99 Å². The van der Waals surface area contributed by atoms with Gasteiger partial charge in [-0.15, -0.1) is 0 Å². The predicted molar refractivity (Wildman–Crippen MR) is 80.4 cm³/mol. The normalized spacial score (nSPS) is 16.1. The molecule has 3 rings (SSSR count). The number of nitrogen functional groups attached to an aromatic ring is 1. The van der Waals surface area contributed by atoms with Crippen LogP contribution in [0.15, 0.2) is 64.7 Å². The lowest BCUT2D eigenvalue weighted by Crippen LogP contribution is -2.25. The summed E-state index contributed by atoms with van der Waals surface area (Å²) in [5.41, 5.74) is 7.96. The van der Waals surface area contributed by atoms with Crippen LogP contribution in [-0.4, -0.2) is 17.8 Å². The summed E-state index contributed by atoms with van der Waals surface area (Å²) < 4.78 is 0. The van der Waals surface area contributed by atoms with Crippen molar-refractivity contribution in [2.75, 3.05) is 10.7 Å². The van der Waals surface area contributed by atoms with Crippen LogP contribution < -0.4 is 10.7 Å². The summed E-state index contributed by atoms with van der Waals surface area (Å²) in [5, 5.41) is 5.41. The molecule has 1 aliphatic rings. The molecule has 5 nitrogen and oxygen atoms in total. The van der Waals surface area contributed by atoms with Gasteiger partial charge in [0.25, 0.3) is 5.91 Å². The number of para-hydroxylation sites is 1. The Bertz CT molecular complexity index is 690. The first-order valence-corrected chi connectivity index (χ1v) is 6.12. The zero-order valence-electron chi connectivity index (χ0n) is 10.6. The molecule has 0 saturated heterocycles. The molecule has 0 atom stereocenters. The van der Waals surface area contributed by atoms with Gasteiger partial charge in [0.05, 0.1) is 17.6 Å². The molecule has 20 heavy (non-hydrogen) atoms. The summed E-state index contributed by atoms with van der Waals surface area (Å²) in [5.74, 6) is -0.243. The predicted octanol–water partition coefficient (Wildman–Crippen LogP) is 2.37. The second-order valence-electron chi connectivity index (χ2n) is 4.29. The first-order chi connectivity index (χ1) is 9.74. The Morgan fingerprint density at radius 3 is 2.40 bits per heavy atom. The highest BCUT2D eigenvalue weighted by Gasteiger charge is 2.25. The number of carbonyl (C=O) groups is 1. The van der Waals surface area contributed by atoms with Gasteiger partial charge in [-0.2, -0.15) is 10.1 Å². The van der Waals surface area contributed by atoms with E-state index in [4.69, 9.17) is 5.73 Å². The van der Waals surface area contributed by atoms with E-state index in [1.54, 1.807) is 24.3 Å². The highest BCUT2D eigenvalue weighted by atomic mass is 16.2. The molecule has 5 heteroatoms. The number of nitrogens with zero attached hydrogens (tertiary/aromatic N) is 3. The van der Waals surface area contributed by atoms with Crippen molar-refractivity contribution in [1.82, 2.24) is 0 Å². The maximum Gasteiger partial charge on any atom is 0.298 e. The van der Waals surface area contributed by atoms with Crippen LogP contribution >= 0.6 is 0 Å². The number of hydrogen-bond acceptors (Lipinski definition) is 4. The summed E-state index contributed by atoms with van der Waals surface area (Å²) >= 11 is 0. The minimum Gasteiger partial charge on any atom is -0.399 e. The molecule has 2 N–H and O–H groups in total. The standard InChI is InChI=1S/C15H12N4O/c16-11-6-8-12(9-7-11)18-14-10-17-19(15(14)20)13-4-2-1-3-5-13/h1-10H,16H2. The van der Waals surface area contributed by atoms with Gasteiger partial charge in [0.1, 0.15) is 0 Å². The van der Waals surface area contributed by atoms with Crippen LogP contribution in [0.25, 0.3) is 0 Å². The lowest BCUT2D eigenvalue weighted by molar-refractivity contribution is -0.112. The van der Waals surface area contributed by atoms with Crippen molar-refractivity contribution in [2.45, 2.75) is 0 Å². The van der Waals surface area contributed by atoms with Crippen molar-refractivity contribution < 1.29 is 4.79 Å². The molecule has 0 saturated carbocycles. The van der Waals surface area contributed by atoms with Crippen LogP contribution in [0.2, 0.25) is 0 Å². The number of carbonyl (C=O) groups excluding carboxylic acids is 1. The fourth-order valence-electron chi connectivity index (χ4n) is 1.85. The molecule has 2 aromatic rings. The molecule has 98 valence electrons. The lowest BCUT2D eigenvalue weighted by atomic mass is 10.2. The number of hydrazone groups is 1. The van der Waals surface area contributed by atoms with Gasteiger partial charge in [0.15, 0.2) is 5.71 Å². The number of hydrogen-bond donors (Lipinski definition) is 1. The number of rotatable bonds is 2. The Kier molecular flexibility index (Phi) is 3.01. The van der Waals surface area contributed by atoms with Crippen LogP contribution in [0.1, 0.15) is 0 Å². The molecule has 1 heterocycles. The van der Waals surface area contributed by atoms with E-state index in [-0.39, 0.29) is 5.91 Å². The Morgan fingerprint density at radius 1 is 1.00 bits per heavy atom. The molecule has 0 fully saturated rings. The van der Waals surface area contributed by atoms with E-state index < -0.39 is 0 Å². The van der Waals surface area contributed by atoms with Gasteiger partial charge in [0.2, 0.25) is 0 Å². The fraction of sp³-hybridized carbons (Fsp3) is 0. The summed E-state index contributed by atoms with van der Waals surface area (Å²) in [6.45, 7) is 0. The molecular formula is C15H12N4O. The first kappa shape index (κ1) is 12.1. The molecule has 0 unspecified atom stereocenters. The zero-order valence-corrected chi connectivity index (χ0v) is 10.6. The van der Waals surface area contributed by atoms with E-state index in [1.807, 2.05) is 30.3 Å². The minimum absolute atomic E-state index is 0.243. The quantitative estimate of drug-likeness (QED) is 0.846. The molecule has 0 aliphatic carbocycles. The number of nitrogens with two attached hydrogens (primary N) is 1. The summed E-state index contributed by atoms with van der Waals surface area (Å²) in [4.78, 5) is 16.5. The molecule has 1 amide bonds. The molecular weight excluding hydrogens is 252 g/mol. The van der Waals surface area contributed by atoms with Gasteiger partial charge in [-0.3, -0.25) is 4.79 Å². The number of anilines is 2. The Labute approximate surface area is 116 Å². The third-order valence-corrected chi connectivity index (χ3v) is 2.85. The van der Waals surface area contributed by atoms with Crippen molar-refractivity contribution in [3.63, 3.8) is 0 Å². The van der Waals surface area contributed by atoms with Crippen molar-refractivity contribution in [3.05, 3.63) is 54.6 Å². The molecule has 0 radical (unpaired) electrons. The maximum atomic E-state index is 12.2. The van der Waals surface area contributed by atoms with E-state index in [0.717, 1.165) is 5.69 Å². The average molecular weight is 264 g/mol. The molecule has 2 aromatic carbocycles. The Morgan fingerprint density at radius 2 is 1.70 bits per heavy atom. The van der Waals surface area contributed by atoms with Gasteiger partial charge >= 0.3 is 0 Å². The van der Waals surface area contributed by atoms with Crippen LogP contribution in [0.4, 0.5) is 17.1 Å². The summed E-state index contributed by atoms with van der Waals surface area (Å²) in [6, 6.07) is 16.2. The van der Waals surface area contributed by atoms with Crippen LogP contribution in [0.5, 0.6) is 0 Å². The van der Waals surface area contributed by atoms with E-state index in [1.165, 1.54) is 11.2 Å². The zero-order chi connectivity index (χ0) is 13.9. The third-order valence-electron chi connectivity index (χ3n) is 2.85. The number of amides is 1. The number of aliphatic imine (C=N–C) groups is 1. The Hall–Kier alpha value is -2.95. The molecule has 1 aliphatic heterocycles. The monoisotopic (exact) mass is 264 g/mol. The second kappa shape index (κ2) is 4.97. The van der Waals surface area contributed by atoms with Crippen LogP contribution in [0.3, 0.4) is 0 Å². The molecule has 0 spiro atoms. The van der Waals surface area contributed by atoms with E-state index >= 15 is 0 Å². The van der Waals surface area contributed by atoms with Crippen LogP contribution in [-0.2, 0) is 4.79 Å². The Balaban J connectivity index is 1.86. The van der Waals surface area contributed by atoms with Crippen molar-refractivity contribution in [3.8, 4) is 0 Å². The second-order valence-corrected chi connectivity index (χ2v) is 4.29. The first-order valence-electron chi connectivity index (χ1n) is 6.12. The van der Waals surface area contributed by atoms with Crippen molar-refractivity contribution >= 4 is 34.9 Å².